The molecule has 140 valence electrons. The van der Waals surface area contributed by atoms with Crippen LogP contribution in [0.2, 0.25) is 0 Å². The van der Waals surface area contributed by atoms with Crippen molar-refractivity contribution in [1.82, 2.24) is 14.9 Å². The summed E-state index contributed by atoms with van der Waals surface area (Å²) in [6.45, 7) is 3.51. The molecular weight excluding hydrogens is 367 g/mol. The summed E-state index contributed by atoms with van der Waals surface area (Å²) in [4.78, 5) is 21.7. The molecule has 0 saturated carbocycles. The maximum atomic E-state index is 13.1. The minimum absolute atomic E-state index is 0.00723. The van der Waals surface area contributed by atoms with E-state index in [2.05, 4.69) is 16.9 Å². The SMILES string of the molecule is CC1CCN(C(=O)CSc2nc(-c3ccco3)cc(C(F)(F)F)n2)CC1. The summed E-state index contributed by atoms with van der Waals surface area (Å²) in [7, 11) is 0. The molecule has 0 radical (unpaired) electrons. The summed E-state index contributed by atoms with van der Waals surface area (Å²) >= 11 is 0.910. The van der Waals surface area contributed by atoms with E-state index in [1.54, 1.807) is 11.0 Å². The first-order chi connectivity index (χ1) is 12.3. The first kappa shape index (κ1) is 18.8. The fourth-order valence-electron chi connectivity index (χ4n) is 2.66. The summed E-state index contributed by atoms with van der Waals surface area (Å²) in [5, 5.41) is -0.0926. The molecule has 1 aliphatic rings. The van der Waals surface area contributed by atoms with E-state index in [0.29, 0.717) is 19.0 Å². The van der Waals surface area contributed by atoms with Crippen LogP contribution < -0.4 is 0 Å². The number of hydrogen-bond donors (Lipinski definition) is 0. The van der Waals surface area contributed by atoms with E-state index in [1.165, 1.54) is 12.3 Å². The highest BCUT2D eigenvalue weighted by molar-refractivity contribution is 7.99. The second-order valence-corrected chi connectivity index (χ2v) is 7.19. The molecule has 1 aliphatic heterocycles. The fourth-order valence-corrected chi connectivity index (χ4v) is 3.42. The quantitative estimate of drug-likeness (QED) is 0.586. The number of nitrogens with zero attached hydrogens (tertiary/aromatic N) is 3. The lowest BCUT2D eigenvalue weighted by Crippen LogP contribution is -2.38. The van der Waals surface area contributed by atoms with Gasteiger partial charge in [0.25, 0.3) is 0 Å². The number of thioether (sulfide) groups is 1. The summed E-state index contributed by atoms with van der Waals surface area (Å²) < 4.78 is 44.5. The lowest BCUT2D eigenvalue weighted by molar-refractivity contribution is -0.141. The van der Waals surface area contributed by atoms with Gasteiger partial charge < -0.3 is 9.32 Å². The fraction of sp³-hybridized carbons (Fsp3) is 0.471. The third-order valence-corrected chi connectivity index (χ3v) is 5.06. The number of aromatic nitrogens is 2. The zero-order valence-corrected chi connectivity index (χ0v) is 14.9. The zero-order chi connectivity index (χ0) is 18.7. The van der Waals surface area contributed by atoms with Gasteiger partial charge in [-0.15, -0.1) is 0 Å². The highest BCUT2D eigenvalue weighted by Crippen LogP contribution is 2.32. The van der Waals surface area contributed by atoms with E-state index >= 15 is 0 Å². The van der Waals surface area contributed by atoms with Gasteiger partial charge in [-0.1, -0.05) is 18.7 Å². The minimum atomic E-state index is -4.60. The van der Waals surface area contributed by atoms with Crippen LogP contribution in [0.25, 0.3) is 11.5 Å². The number of halogens is 3. The smallest absolute Gasteiger partial charge is 0.433 e. The van der Waals surface area contributed by atoms with Crippen molar-refractivity contribution < 1.29 is 22.4 Å². The van der Waals surface area contributed by atoms with Gasteiger partial charge in [-0.3, -0.25) is 4.79 Å². The largest absolute Gasteiger partial charge is 0.463 e. The minimum Gasteiger partial charge on any atom is -0.463 e. The highest BCUT2D eigenvalue weighted by Gasteiger charge is 2.34. The van der Waals surface area contributed by atoms with Gasteiger partial charge >= 0.3 is 6.18 Å². The van der Waals surface area contributed by atoms with E-state index in [9.17, 15) is 18.0 Å². The van der Waals surface area contributed by atoms with Crippen molar-refractivity contribution in [3.63, 3.8) is 0 Å². The van der Waals surface area contributed by atoms with Gasteiger partial charge in [-0.05, 0) is 37.0 Å². The standard InChI is InChI=1S/C17H18F3N3O2S/c1-11-4-6-23(7-5-11)15(24)10-26-16-21-12(13-3-2-8-25-13)9-14(22-16)17(18,19)20/h2-3,8-9,11H,4-7,10H2,1H3. The number of furan rings is 1. The Bertz CT molecular complexity index is 757. The molecule has 2 aromatic rings. The molecule has 26 heavy (non-hydrogen) atoms. The van der Waals surface area contributed by atoms with E-state index in [0.717, 1.165) is 30.7 Å². The van der Waals surface area contributed by atoms with E-state index in [-0.39, 0.29) is 28.3 Å². The van der Waals surface area contributed by atoms with E-state index < -0.39 is 11.9 Å². The average molecular weight is 385 g/mol. The summed E-state index contributed by atoms with van der Waals surface area (Å²) in [6, 6.07) is 3.94. The Morgan fingerprint density at radius 1 is 1.35 bits per heavy atom. The molecule has 3 heterocycles. The molecule has 9 heteroatoms. The van der Waals surface area contributed by atoms with E-state index in [1.807, 2.05) is 0 Å². The molecule has 5 nitrogen and oxygen atoms in total. The Labute approximate surface area is 153 Å². The van der Waals surface area contributed by atoms with E-state index in [4.69, 9.17) is 4.42 Å². The maximum absolute atomic E-state index is 13.1. The van der Waals surface area contributed by atoms with Crippen molar-refractivity contribution in [1.29, 1.82) is 0 Å². The monoisotopic (exact) mass is 385 g/mol. The van der Waals surface area contributed by atoms with Gasteiger partial charge in [-0.2, -0.15) is 13.2 Å². The molecule has 1 amide bonds. The summed E-state index contributed by atoms with van der Waals surface area (Å²) in [5.41, 5.74) is -1.01. The molecule has 0 unspecified atom stereocenters. The van der Waals surface area contributed by atoms with Gasteiger partial charge in [0, 0.05) is 13.1 Å². The van der Waals surface area contributed by atoms with Crippen LogP contribution in [0.15, 0.2) is 34.0 Å². The molecule has 0 atom stereocenters. The Kier molecular flexibility index (Phi) is 5.55. The second-order valence-electron chi connectivity index (χ2n) is 6.25. The first-order valence-electron chi connectivity index (χ1n) is 8.23. The summed E-state index contributed by atoms with van der Waals surface area (Å²) in [6.07, 6.45) is -1.36. The van der Waals surface area contributed by atoms with Crippen LogP contribution in [-0.4, -0.2) is 39.6 Å². The number of amides is 1. The number of carbonyl (C=O) groups excluding carboxylic acids is 1. The molecule has 0 N–H and O–H groups in total. The van der Waals surface area contributed by atoms with Gasteiger partial charge in [0.2, 0.25) is 5.91 Å². The first-order valence-corrected chi connectivity index (χ1v) is 9.22. The maximum Gasteiger partial charge on any atom is 0.433 e. The molecule has 1 fully saturated rings. The van der Waals surface area contributed by atoms with Crippen LogP contribution in [0.3, 0.4) is 0 Å². The predicted octanol–water partition coefficient (Wildman–Crippen LogP) is 4.11. The van der Waals surface area contributed by atoms with Gasteiger partial charge in [0.15, 0.2) is 10.9 Å². The Hall–Kier alpha value is -2.03. The topological polar surface area (TPSA) is 59.2 Å². The Morgan fingerprint density at radius 2 is 2.08 bits per heavy atom. The zero-order valence-electron chi connectivity index (χ0n) is 14.1. The van der Waals surface area contributed by atoms with Crippen LogP contribution >= 0.6 is 11.8 Å². The predicted molar refractivity (Wildman–Crippen MR) is 90.4 cm³/mol. The third kappa shape index (κ3) is 4.57. The van der Waals surface area contributed by atoms with Gasteiger partial charge in [0.05, 0.1) is 12.0 Å². The number of piperidine rings is 1. The molecule has 0 aliphatic carbocycles. The van der Waals surface area contributed by atoms with Crippen LogP contribution in [0.5, 0.6) is 0 Å². The lowest BCUT2D eigenvalue weighted by atomic mass is 9.99. The van der Waals surface area contributed by atoms with Crippen molar-refractivity contribution in [3.8, 4) is 11.5 Å². The number of rotatable bonds is 4. The Morgan fingerprint density at radius 3 is 2.69 bits per heavy atom. The molecular formula is C17H18F3N3O2S. The van der Waals surface area contributed by atoms with Crippen molar-refractivity contribution >= 4 is 17.7 Å². The second kappa shape index (κ2) is 7.69. The molecule has 3 rings (SSSR count). The van der Waals surface area contributed by atoms with Crippen LogP contribution in [0.4, 0.5) is 13.2 Å². The molecule has 1 saturated heterocycles. The summed E-state index contributed by atoms with van der Waals surface area (Å²) in [5.74, 6) is 0.709. The van der Waals surface area contributed by atoms with Crippen molar-refractivity contribution in [2.75, 3.05) is 18.8 Å². The van der Waals surface area contributed by atoms with Gasteiger partial charge in [-0.25, -0.2) is 9.97 Å². The molecule has 0 bridgehead atoms. The van der Waals surface area contributed by atoms with Crippen LogP contribution in [0.1, 0.15) is 25.5 Å². The van der Waals surface area contributed by atoms with Crippen molar-refractivity contribution in [2.24, 2.45) is 5.92 Å². The molecule has 0 aromatic carbocycles. The number of alkyl halides is 3. The number of carbonyl (C=O) groups is 1. The number of hydrogen-bond acceptors (Lipinski definition) is 5. The Balaban J connectivity index is 1.74. The highest BCUT2D eigenvalue weighted by atomic mass is 32.2. The van der Waals surface area contributed by atoms with Gasteiger partial charge in [0.1, 0.15) is 11.4 Å². The normalized spacial score (nSPS) is 16.1. The van der Waals surface area contributed by atoms with Crippen LogP contribution in [-0.2, 0) is 11.0 Å². The average Bonchev–Trinajstić information content (AvgIpc) is 3.14. The number of likely N-dealkylation sites (tertiary alicyclic amines) is 1. The van der Waals surface area contributed by atoms with Crippen molar-refractivity contribution in [3.05, 3.63) is 30.2 Å². The molecule has 0 spiro atoms. The lowest BCUT2D eigenvalue weighted by Gasteiger charge is -2.30. The van der Waals surface area contributed by atoms with Crippen molar-refractivity contribution in [2.45, 2.75) is 31.1 Å². The van der Waals surface area contributed by atoms with Crippen LogP contribution in [0, 0.1) is 5.92 Å². The third-order valence-electron chi connectivity index (χ3n) is 4.23. The molecule has 2 aromatic heterocycles.